The van der Waals surface area contributed by atoms with Gasteiger partial charge in [-0.2, -0.15) is 12.6 Å². The van der Waals surface area contributed by atoms with Crippen molar-refractivity contribution in [1.82, 2.24) is 9.13 Å². The van der Waals surface area contributed by atoms with Crippen molar-refractivity contribution in [1.29, 1.82) is 0 Å². The van der Waals surface area contributed by atoms with E-state index in [1.807, 2.05) is 6.08 Å². The number of allylic oxidation sites excluding steroid dienone is 2. The first-order valence-corrected chi connectivity index (χ1v) is 16.7. The normalized spacial score (nSPS) is 11.9. The van der Waals surface area contributed by atoms with Crippen LogP contribution in [0.2, 0.25) is 0 Å². The van der Waals surface area contributed by atoms with Crippen LogP contribution in [0.4, 0.5) is 0 Å². The maximum absolute atomic E-state index is 3.53. The highest BCUT2D eigenvalue weighted by molar-refractivity contribution is 7.79. The second kappa shape index (κ2) is 12.2. The summed E-state index contributed by atoms with van der Waals surface area (Å²) in [5.41, 5.74) is 16.5. The van der Waals surface area contributed by atoms with Crippen LogP contribution in [0, 0.1) is 0 Å². The fraction of sp³-hybridized carbons (Fsp3) is 0.0227. The molecule has 0 unspecified atom stereocenters. The van der Waals surface area contributed by atoms with Crippen LogP contribution in [0.25, 0.3) is 78.5 Å². The van der Waals surface area contributed by atoms with Crippen LogP contribution < -0.4 is 0 Å². The molecular formula is C44H32N2S. The number of para-hydroxylation sites is 3. The molecule has 1 aliphatic rings. The average Bonchev–Trinajstić information content (AvgIpc) is 3.52. The van der Waals surface area contributed by atoms with Gasteiger partial charge in [0.05, 0.1) is 22.2 Å². The molecule has 0 saturated carbocycles. The topological polar surface area (TPSA) is 9.86 Å². The molecule has 0 atom stereocenters. The Morgan fingerprint density at radius 2 is 1.02 bits per heavy atom. The van der Waals surface area contributed by atoms with E-state index in [0.717, 1.165) is 5.69 Å². The molecule has 9 rings (SSSR count). The molecule has 0 saturated heterocycles. The second-order valence-corrected chi connectivity index (χ2v) is 11.5. The average molecular weight is 621 g/mol. The Kier molecular flexibility index (Phi) is 7.47. The van der Waals surface area contributed by atoms with Crippen LogP contribution >= 0.6 is 12.6 Å². The number of nitrogens with zero attached hydrogens (tertiary/aromatic N) is 2. The Bertz CT molecular complexity index is 2510. The van der Waals surface area contributed by atoms with Gasteiger partial charge in [-0.1, -0.05) is 91.0 Å². The van der Waals surface area contributed by atoms with Crippen LogP contribution in [-0.4, -0.2) is 15.4 Å². The van der Waals surface area contributed by atoms with Gasteiger partial charge in [0.1, 0.15) is 0 Å². The molecule has 0 spiro atoms. The Morgan fingerprint density at radius 3 is 1.72 bits per heavy atom. The largest absolute Gasteiger partial charge is 0.309 e. The Labute approximate surface area is 280 Å². The first kappa shape index (κ1) is 28.7. The summed E-state index contributed by atoms with van der Waals surface area (Å²) in [4.78, 5) is 0. The molecule has 2 heterocycles. The second-order valence-electron chi connectivity index (χ2n) is 11.5. The maximum Gasteiger partial charge on any atom is 0.0547 e. The van der Waals surface area contributed by atoms with Crippen LogP contribution in [-0.2, 0) is 0 Å². The standard InChI is InChI=1S/C43H28N2.CH4S/c1-4-15-34(16-5-1)44-40-21-9-3-8-19-36(40)38-28-32(23-25-42(38)44)30-13-12-14-31(27-30)33-24-26-43-39(29-33)37-20-10-11-22-41(37)45(43)35-17-6-2-7-18-35;1-2/h1-7,9-29H;2H,1H3. The van der Waals surface area contributed by atoms with Gasteiger partial charge < -0.3 is 9.13 Å². The highest BCUT2D eigenvalue weighted by atomic mass is 32.1. The van der Waals surface area contributed by atoms with Crippen LogP contribution in [0.1, 0.15) is 11.3 Å². The van der Waals surface area contributed by atoms with Crippen LogP contribution in [0.5, 0.6) is 0 Å². The number of rotatable bonds is 4. The molecule has 0 aliphatic heterocycles. The van der Waals surface area contributed by atoms with Crippen molar-refractivity contribution >= 4 is 57.5 Å². The molecule has 0 radical (unpaired) electrons. The minimum absolute atomic E-state index is 1.16. The molecule has 47 heavy (non-hydrogen) atoms. The predicted octanol–water partition coefficient (Wildman–Crippen LogP) is 11.8. The van der Waals surface area contributed by atoms with E-state index >= 15 is 0 Å². The van der Waals surface area contributed by atoms with E-state index in [2.05, 4.69) is 191 Å². The molecule has 2 aromatic heterocycles. The van der Waals surface area contributed by atoms with E-state index in [9.17, 15) is 0 Å². The van der Waals surface area contributed by atoms with Crippen LogP contribution in [0.15, 0.2) is 163 Å². The van der Waals surface area contributed by atoms with Crippen LogP contribution in [0.3, 0.4) is 0 Å². The SMILES string of the molecule is C1=CC=Cc2c(c3cc(-c4cccc(-c5ccc6c(c5)c5ccccc5n6-c5ccccc5)c4)ccc3n2-c2ccccc2)C=1.CS. The van der Waals surface area contributed by atoms with Gasteiger partial charge in [0.15, 0.2) is 0 Å². The Morgan fingerprint density at radius 1 is 0.468 bits per heavy atom. The molecule has 2 nitrogen and oxygen atoms in total. The summed E-state index contributed by atoms with van der Waals surface area (Å²) >= 11 is 3.53. The fourth-order valence-corrected chi connectivity index (χ4v) is 6.90. The lowest BCUT2D eigenvalue weighted by Crippen LogP contribution is -1.96. The van der Waals surface area contributed by atoms with E-state index in [4.69, 9.17) is 0 Å². The summed E-state index contributed by atoms with van der Waals surface area (Å²) < 4.78 is 4.71. The first-order valence-electron chi connectivity index (χ1n) is 15.8. The smallest absolute Gasteiger partial charge is 0.0547 e. The number of fused-ring (bicyclic) bond motifs is 6. The highest BCUT2D eigenvalue weighted by Crippen LogP contribution is 2.38. The quantitative estimate of drug-likeness (QED) is 0.148. The van der Waals surface area contributed by atoms with Gasteiger partial charge in [0, 0.05) is 33.1 Å². The number of thiol groups is 1. The zero-order chi connectivity index (χ0) is 31.7. The van der Waals surface area contributed by atoms with Crippen molar-refractivity contribution in [2.45, 2.75) is 0 Å². The summed E-state index contributed by atoms with van der Waals surface area (Å²) in [7, 11) is 0. The monoisotopic (exact) mass is 620 g/mol. The van der Waals surface area contributed by atoms with Gasteiger partial charge in [0.2, 0.25) is 0 Å². The molecule has 8 aromatic rings. The van der Waals surface area contributed by atoms with Gasteiger partial charge in [-0.25, -0.2) is 0 Å². The van der Waals surface area contributed by atoms with E-state index < -0.39 is 0 Å². The number of hydrogen-bond acceptors (Lipinski definition) is 1. The summed E-state index contributed by atoms with van der Waals surface area (Å²) in [5, 5.41) is 3.75. The minimum atomic E-state index is 1.16. The van der Waals surface area contributed by atoms with E-state index in [1.165, 1.54) is 71.9 Å². The van der Waals surface area contributed by atoms with Crippen molar-refractivity contribution in [2.24, 2.45) is 0 Å². The third-order valence-electron chi connectivity index (χ3n) is 8.95. The van der Waals surface area contributed by atoms with Crippen molar-refractivity contribution in [3.63, 3.8) is 0 Å². The van der Waals surface area contributed by atoms with Gasteiger partial charge >= 0.3 is 0 Å². The van der Waals surface area contributed by atoms with Crippen molar-refractivity contribution < 1.29 is 0 Å². The molecule has 1 aliphatic carbocycles. The number of hydrogen-bond donors (Lipinski definition) is 1. The fourth-order valence-electron chi connectivity index (χ4n) is 6.90. The maximum atomic E-state index is 3.53. The van der Waals surface area contributed by atoms with Gasteiger partial charge in [0.25, 0.3) is 0 Å². The Hall–Kier alpha value is -5.73. The molecule has 0 fully saturated rings. The zero-order valence-electron chi connectivity index (χ0n) is 26.0. The molecule has 6 aromatic carbocycles. The summed E-state index contributed by atoms with van der Waals surface area (Å²) in [5.74, 6) is 0. The first-order chi connectivity index (χ1) is 23.3. The van der Waals surface area contributed by atoms with Gasteiger partial charge in [-0.3, -0.25) is 0 Å². The molecule has 0 amide bonds. The molecule has 0 N–H and O–H groups in total. The van der Waals surface area contributed by atoms with E-state index in [1.54, 1.807) is 6.26 Å². The lowest BCUT2D eigenvalue weighted by molar-refractivity contribution is 1.11. The van der Waals surface area contributed by atoms with Crippen molar-refractivity contribution in [2.75, 3.05) is 6.26 Å². The number of benzene rings is 6. The number of aromatic nitrogens is 2. The minimum Gasteiger partial charge on any atom is -0.309 e. The van der Waals surface area contributed by atoms with Crippen molar-refractivity contribution in [3.05, 3.63) is 175 Å². The molecule has 0 bridgehead atoms. The lowest BCUT2D eigenvalue weighted by atomic mass is 9.97. The predicted molar refractivity (Wildman–Crippen MR) is 205 cm³/mol. The highest BCUT2D eigenvalue weighted by Gasteiger charge is 2.17. The molecule has 3 heteroatoms. The van der Waals surface area contributed by atoms with Crippen molar-refractivity contribution in [3.8, 4) is 33.6 Å². The zero-order valence-corrected chi connectivity index (χ0v) is 26.9. The molecule has 224 valence electrons. The summed E-state index contributed by atoms with van der Waals surface area (Å²) in [6, 6.07) is 52.6. The van der Waals surface area contributed by atoms with Gasteiger partial charge in [-0.05, 0) is 107 Å². The van der Waals surface area contributed by atoms with E-state index in [-0.39, 0.29) is 0 Å². The summed E-state index contributed by atoms with van der Waals surface area (Å²) in [6.07, 6.45) is 10.0. The Balaban J connectivity index is 0.00000159. The third-order valence-corrected chi connectivity index (χ3v) is 8.95. The van der Waals surface area contributed by atoms with Gasteiger partial charge in [-0.15, -0.1) is 5.73 Å². The molecular weight excluding hydrogens is 589 g/mol. The lowest BCUT2D eigenvalue weighted by Gasteiger charge is -2.10. The summed E-state index contributed by atoms with van der Waals surface area (Å²) in [6.45, 7) is 0. The third kappa shape index (κ3) is 4.94. The van der Waals surface area contributed by atoms with E-state index in [0.29, 0.717) is 0 Å².